The van der Waals surface area contributed by atoms with E-state index in [0.29, 0.717) is 23.8 Å². The molecule has 0 atom stereocenters. The number of carbonyl (C=O) groups excluding carboxylic acids is 1. The van der Waals surface area contributed by atoms with E-state index in [2.05, 4.69) is 22.1 Å². The fraction of sp³-hybridized carbons (Fsp3) is 0.185. The highest BCUT2D eigenvalue weighted by molar-refractivity contribution is 6.05. The number of aryl methyl sites for hydroxylation is 1. The second-order valence-electron chi connectivity index (χ2n) is 8.36. The Hall–Kier alpha value is -3.93. The molecule has 1 aromatic heterocycles. The van der Waals surface area contributed by atoms with E-state index in [1.165, 1.54) is 17.2 Å². The lowest BCUT2D eigenvalue weighted by Gasteiger charge is -2.29. The lowest BCUT2D eigenvalue weighted by atomic mass is 9.95. The molecule has 1 N–H and O–H groups in total. The number of para-hydroxylation sites is 2. The number of rotatable bonds is 4. The summed E-state index contributed by atoms with van der Waals surface area (Å²) >= 11 is 0. The first-order valence-electron chi connectivity index (χ1n) is 11.0. The topological polar surface area (TPSA) is 58.4 Å². The summed E-state index contributed by atoms with van der Waals surface area (Å²) in [5, 5.41) is 2.80. The summed E-state index contributed by atoms with van der Waals surface area (Å²) in [6, 6.07) is 20.7. The molecule has 6 heteroatoms. The van der Waals surface area contributed by atoms with Crippen LogP contribution in [0.15, 0.2) is 76.7 Å². The van der Waals surface area contributed by atoms with Crippen LogP contribution in [0.25, 0.3) is 16.7 Å². The molecule has 0 saturated heterocycles. The van der Waals surface area contributed by atoms with Crippen molar-refractivity contribution in [3.63, 3.8) is 0 Å². The van der Waals surface area contributed by atoms with Gasteiger partial charge in [0.05, 0.1) is 5.56 Å². The van der Waals surface area contributed by atoms with E-state index in [0.717, 1.165) is 29.6 Å². The van der Waals surface area contributed by atoms with Crippen LogP contribution in [0.5, 0.6) is 0 Å². The lowest BCUT2D eigenvalue weighted by Crippen LogP contribution is -2.31. The van der Waals surface area contributed by atoms with E-state index >= 15 is 0 Å². The monoisotopic (exact) mass is 441 g/mol. The van der Waals surface area contributed by atoms with E-state index in [1.807, 2.05) is 48.5 Å². The number of benzene rings is 3. The zero-order chi connectivity index (χ0) is 22.9. The Morgan fingerprint density at radius 3 is 2.58 bits per heavy atom. The van der Waals surface area contributed by atoms with Gasteiger partial charge in [0.25, 0.3) is 11.9 Å². The van der Waals surface area contributed by atoms with Gasteiger partial charge in [-0.25, -0.2) is 4.39 Å². The van der Waals surface area contributed by atoms with Crippen molar-refractivity contribution >= 4 is 34.3 Å². The maximum absolute atomic E-state index is 14.1. The summed E-state index contributed by atoms with van der Waals surface area (Å²) in [6.07, 6.45) is 0.916. The summed E-state index contributed by atoms with van der Waals surface area (Å²) in [5.74, 6) is -0.972. The first kappa shape index (κ1) is 20.9. The van der Waals surface area contributed by atoms with Gasteiger partial charge in [0, 0.05) is 18.8 Å². The van der Waals surface area contributed by atoms with Gasteiger partial charge in [0.15, 0.2) is 5.58 Å². The number of hydrogen-bond acceptors (Lipinski definition) is 4. The van der Waals surface area contributed by atoms with Gasteiger partial charge in [-0.15, -0.1) is 0 Å². The predicted octanol–water partition coefficient (Wildman–Crippen LogP) is 6.21. The molecule has 33 heavy (non-hydrogen) atoms. The Kier molecular flexibility index (Phi) is 5.42. The summed E-state index contributed by atoms with van der Waals surface area (Å²) in [4.78, 5) is 19.4. The van der Waals surface area contributed by atoms with Gasteiger partial charge in [0.2, 0.25) is 0 Å². The molecule has 0 radical (unpaired) electrons. The average Bonchev–Trinajstić information content (AvgIpc) is 3.24. The molecule has 1 amide bonds. The second kappa shape index (κ2) is 8.54. The third-order valence-electron chi connectivity index (χ3n) is 6.11. The SMILES string of the molecule is CC1=C(c2ccc(NC(=O)c3c(C)cccc3F)cc2)CN(c2nc3ccccc3o2)CC1. The van der Waals surface area contributed by atoms with Gasteiger partial charge in [-0.3, -0.25) is 4.79 Å². The molecule has 4 aromatic rings. The van der Waals surface area contributed by atoms with Gasteiger partial charge in [-0.05, 0) is 67.3 Å². The van der Waals surface area contributed by atoms with Crippen LogP contribution >= 0.6 is 0 Å². The van der Waals surface area contributed by atoms with Crippen LogP contribution in [0.3, 0.4) is 0 Å². The average molecular weight is 442 g/mol. The molecule has 0 fully saturated rings. The molecular formula is C27H24FN3O2. The number of halogens is 1. The molecule has 0 aliphatic carbocycles. The van der Waals surface area contributed by atoms with Gasteiger partial charge in [-0.2, -0.15) is 4.98 Å². The van der Waals surface area contributed by atoms with Crippen LogP contribution in [-0.4, -0.2) is 24.0 Å². The number of nitrogens with one attached hydrogen (secondary N) is 1. The van der Waals surface area contributed by atoms with Crippen LogP contribution in [-0.2, 0) is 0 Å². The zero-order valence-corrected chi connectivity index (χ0v) is 18.6. The minimum absolute atomic E-state index is 0.0707. The predicted molar refractivity (Wildman–Crippen MR) is 129 cm³/mol. The Bertz CT molecular complexity index is 1320. The fourth-order valence-electron chi connectivity index (χ4n) is 4.22. The minimum Gasteiger partial charge on any atom is -0.423 e. The van der Waals surface area contributed by atoms with Crippen LogP contribution in [0, 0.1) is 12.7 Å². The number of carbonyl (C=O) groups is 1. The number of nitrogens with zero attached hydrogens (tertiary/aromatic N) is 2. The largest absolute Gasteiger partial charge is 0.423 e. The number of aromatic nitrogens is 1. The van der Waals surface area contributed by atoms with Crippen molar-refractivity contribution in [2.75, 3.05) is 23.3 Å². The van der Waals surface area contributed by atoms with Crippen molar-refractivity contribution in [1.82, 2.24) is 4.98 Å². The number of fused-ring (bicyclic) bond motifs is 1. The summed E-state index contributed by atoms with van der Waals surface area (Å²) in [6.45, 7) is 5.41. The second-order valence-corrected chi connectivity index (χ2v) is 8.36. The highest BCUT2D eigenvalue weighted by atomic mass is 19.1. The number of amides is 1. The van der Waals surface area contributed by atoms with Crippen LogP contribution < -0.4 is 10.2 Å². The van der Waals surface area contributed by atoms with Crippen LogP contribution in [0.2, 0.25) is 0 Å². The molecule has 5 rings (SSSR count). The van der Waals surface area contributed by atoms with E-state index < -0.39 is 11.7 Å². The van der Waals surface area contributed by atoms with E-state index in [-0.39, 0.29) is 5.56 Å². The molecule has 0 saturated carbocycles. The third kappa shape index (κ3) is 4.12. The fourth-order valence-corrected chi connectivity index (χ4v) is 4.22. The number of oxazole rings is 1. The normalized spacial score (nSPS) is 14.1. The van der Waals surface area contributed by atoms with Crippen LogP contribution in [0.1, 0.15) is 34.8 Å². The Morgan fingerprint density at radius 1 is 1.03 bits per heavy atom. The first-order chi connectivity index (χ1) is 16.0. The first-order valence-corrected chi connectivity index (χ1v) is 11.0. The van der Waals surface area contributed by atoms with E-state index in [9.17, 15) is 9.18 Å². The minimum atomic E-state index is -0.522. The van der Waals surface area contributed by atoms with Gasteiger partial charge in [-0.1, -0.05) is 42.0 Å². The Labute approximate surface area is 191 Å². The molecule has 0 bridgehead atoms. The van der Waals surface area contributed by atoms with Gasteiger partial charge < -0.3 is 14.6 Å². The quantitative estimate of drug-likeness (QED) is 0.409. The van der Waals surface area contributed by atoms with Crippen molar-refractivity contribution < 1.29 is 13.6 Å². The highest BCUT2D eigenvalue weighted by Crippen LogP contribution is 2.31. The molecule has 1 aliphatic rings. The van der Waals surface area contributed by atoms with Crippen molar-refractivity contribution in [2.24, 2.45) is 0 Å². The van der Waals surface area contributed by atoms with Crippen molar-refractivity contribution in [2.45, 2.75) is 20.3 Å². The third-order valence-corrected chi connectivity index (χ3v) is 6.11. The van der Waals surface area contributed by atoms with Crippen molar-refractivity contribution in [3.05, 3.63) is 94.8 Å². The zero-order valence-electron chi connectivity index (χ0n) is 18.6. The van der Waals surface area contributed by atoms with Gasteiger partial charge in [0.1, 0.15) is 11.3 Å². The highest BCUT2D eigenvalue weighted by Gasteiger charge is 2.22. The van der Waals surface area contributed by atoms with Crippen LogP contribution in [0.4, 0.5) is 16.1 Å². The summed E-state index contributed by atoms with van der Waals surface area (Å²) in [7, 11) is 0. The van der Waals surface area contributed by atoms with Gasteiger partial charge >= 0.3 is 0 Å². The maximum atomic E-state index is 14.1. The molecule has 5 nitrogen and oxygen atoms in total. The Balaban J connectivity index is 1.34. The summed E-state index contributed by atoms with van der Waals surface area (Å²) in [5.41, 5.74) is 6.54. The standard InChI is InChI=1S/C27H24FN3O2/c1-17-14-15-31(27-30-23-8-3-4-9-24(23)33-27)16-21(17)19-10-12-20(13-11-19)29-26(32)25-18(2)6-5-7-22(25)28/h3-13H,14-16H2,1-2H3,(H,29,32). The maximum Gasteiger partial charge on any atom is 0.298 e. The molecule has 1 aliphatic heterocycles. The molecule has 2 heterocycles. The van der Waals surface area contributed by atoms with Crippen molar-refractivity contribution in [3.8, 4) is 0 Å². The van der Waals surface area contributed by atoms with E-state index in [1.54, 1.807) is 19.1 Å². The summed E-state index contributed by atoms with van der Waals surface area (Å²) < 4.78 is 20.1. The molecule has 166 valence electrons. The molecule has 0 spiro atoms. The van der Waals surface area contributed by atoms with E-state index in [4.69, 9.17) is 4.42 Å². The number of anilines is 2. The molecule has 3 aromatic carbocycles. The van der Waals surface area contributed by atoms with Crippen molar-refractivity contribution in [1.29, 1.82) is 0 Å². The lowest BCUT2D eigenvalue weighted by molar-refractivity contribution is 0.102. The molecular weight excluding hydrogens is 417 g/mol. The Morgan fingerprint density at radius 2 is 1.82 bits per heavy atom. The number of hydrogen-bond donors (Lipinski definition) is 1. The smallest absolute Gasteiger partial charge is 0.298 e. The molecule has 0 unspecified atom stereocenters.